The van der Waals surface area contributed by atoms with Gasteiger partial charge in [-0.25, -0.2) is 0 Å². The average molecular weight is 506 g/mol. The van der Waals surface area contributed by atoms with Crippen molar-refractivity contribution in [3.8, 4) is 0 Å². The molecule has 6 aliphatic heterocycles. The molecule has 36 heavy (non-hydrogen) atoms. The second-order valence-electron chi connectivity index (χ2n) is 13.1. The number of piperidine rings is 1. The Morgan fingerprint density at radius 3 is 2.11 bits per heavy atom. The van der Waals surface area contributed by atoms with Gasteiger partial charge in [0.25, 0.3) is 0 Å². The molecule has 6 heterocycles. The maximum atomic E-state index is 12.9. The zero-order valence-corrected chi connectivity index (χ0v) is 22.7. The van der Waals surface area contributed by atoms with Crippen LogP contribution in [-0.4, -0.2) is 116 Å². The van der Waals surface area contributed by atoms with Gasteiger partial charge in [0.2, 0.25) is 0 Å². The SMILES string of the molecule is CCC(C)(N1C2CCC1COC2)C(C)(C(C)N1C2CCC1(C(=O)O)COC2)N1C2CCC1CC(O)C2. The normalized spacial score (nSPS) is 45.4. The lowest BCUT2D eigenvalue weighted by molar-refractivity contribution is -0.200. The van der Waals surface area contributed by atoms with Crippen molar-refractivity contribution in [3.05, 3.63) is 0 Å². The summed E-state index contributed by atoms with van der Waals surface area (Å²) in [4.78, 5) is 20.9. The molecule has 9 unspecified atom stereocenters. The summed E-state index contributed by atoms with van der Waals surface area (Å²) in [6.45, 7) is 12.1. The Morgan fingerprint density at radius 2 is 1.53 bits per heavy atom. The number of nitrogens with zero attached hydrogens (tertiary/aromatic N) is 3. The summed E-state index contributed by atoms with van der Waals surface area (Å²) in [6, 6.07) is 1.69. The molecule has 6 aliphatic rings. The molecule has 6 bridgehead atoms. The molecule has 0 aliphatic carbocycles. The first kappa shape index (κ1) is 25.5. The van der Waals surface area contributed by atoms with Gasteiger partial charge in [0.1, 0.15) is 5.54 Å². The standard InChI is InChI=1S/C28H47N3O5/c1-5-26(3,30-21-8-9-22(30)15-35-14-21)27(4,31-19-6-7-20(31)13-24(32)12-19)18(2)29-23-10-11-28(29,25(33)34)17-36-16-23/h18-24,32H,5-17H2,1-4H3,(H,33,34). The molecule has 6 fully saturated rings. The molecule has 0 aromatic carbocycles. The number of ether oxygens (including phenoxy) is 2. The number of carbonyl (C=O) groups is 1. The fourth-order valence-corrected chi connectivity index (χ4v) is 10.0. The first-order valence-corrected chi connectivity index (χ1v) is 14.6. The van der Waals surface area contributed by atoms with Gasteiger partial charge in [-0.3, -0.25) is 19.5 Å². The Kier molecular flexibility index (Phi) is 6.29. The number of carboxylic acid groups (broad SMARTS) is 1. The van der Waals surface area contributed by atoms with E-state index in [-0.39, 0.29) is 35.9 Å². The van der Waals surface area contributed by atoms with E-state index in [0.717, 1.165) is 51.7 Å². The largest absolute Gasteiger partial charge is 0.480 e. The van der Waals surface area contributed by atoms with E-state index in [9.17, 15) is 15.0 Å². The third-order valence-corrected chi connectivity index (χ3v) is 11.9. The van der Waals surface area contributed by atoms with Crippen LogP contribution in [0.2, 0.25) is 0 Å². The molecule has 0 aromatic rings. The van der Waals surface area contributed by atoms with Crippen LogP contribution in [0, 0.1) is 0 Å². The van der Waals surface area contributed by atoms with Crippen LogP contribution in [-0.2, 0) is 14.3 Å². The summed E-state index contributed by atoms with van der Waals surface area (Å²) in [5.41, 5.74) is -1.41. The van der Waals surface area contributed by atoms with E-state index in [0.29, 0.717) is 37.2 Å². The van der Waals surface area contributed by atoms with Crippen LogP contribution in [0.1, 0.15) is 85.5 Å². The van der Waals surface area contributed by atoms with Gasteiger partial charge in [0.15, 0.2) is 0 Å². The van der Waals surface area contributed by atoms with Crippen molar-refractivity contribution < 1.29 is 24.5 Å². The van der Waals surface area contributed by atoms with E-state index in [1.54, 1.807) is 0 Å². The Balaban J connectivity index is 1.49. The van der Waals surface area contributed by atoms with Gasteiger partial charge in [0.05, 0.1) is 38.1 Å². The average Bonchev–Trinajstić information content (AvgIpc) is 3.38. The fourth-order valence-electron chi connectivity index (χ4n) is 10.0. The molecule has 6 rings (SSSR count). The van der Waals surface area contributed by atoms with Crippen molar-refractivity contribution in [2.45, 2.75) is 144 Å². The highest BCUT2D eigenvalue weighted by Crippen LogP contribution is 2.54. The molecule has 0 aromatic heterocycles. The second kappa shape index (κ2) is 8.88. The maximum absolute atomic E-state index is 12.9. The van der Waals surface area contributed by atoms with Gasteiger partial charge in [-0.1, -0.05) is 6.92 Å². The molecule has 8 nitrogen and oxygen atoms in total. The van der Waals surface area contributed by atoms with E-state index < -0.39 is 11.5 Å². The van der Waals surface area contributed by atoms with Gasteiger partial charge >= 0.3 is 5.97 Å². The monoisotopic (exact) mass is 505 g/mol. The molecule has 2 N–H and O–H groups in total. The summed E-state index contributed by atoms with van der Waals surface area (Å²) in [6.07, 6.45) is 8.55. The van der Waals surface area contributed by atoms with E-state index >= 15 is 0 Å². The quantitative estimate of drug-likeness (QED) is 0.546. The summed E-state index contributed by atoms with van der Waals surface area (Å²) < 4.78 is 11.9. The topological polar surface area (TPSA) is 85.7 Å². The van der Waals surface area contributed by atoms with Crippen LogP contribution >= 0.6 is 0 Å². The van der Waals surface area contributed by atoms with Crippen LogP contribution in [0.25, 0.3) is 0 Å². The second-order valence-corrected chi connectivity index (χ2v) is 13.1. The van der Waals surface area contributed by atoms with Crippen molar-refractivity contribution in [1.29, 1.82) is 0 Å². The van der Waals surface area contributed by atoms with Crippen LogP contribution < -0.4 is 0 Å². The summed E-state index contributed by atoms with van der Waals surface area (Å²) in [5.74, 6) is -0.736. The minimum Gasteiger partial charge on any atom is -0.480 e. The van der Waals surface area contributed by atoms with E-state index in [4.69, 9.17) is 9.47 Å². The first-order chi connectivity index (χ1) is 17.2. The predicted molar refractivity (Wildman–Crippen MR) is 136 cm³/mol. The smallest absolute Gasteiger partial charge is 0.326 e. The minimum atomic E-state index is -0.948. The molecular formula is C28H47N3O5. The number of rotatable bonds is 7. The molecule has 204 valence electrons. The van der Waals surface area contributed by atoms with Gasteiger partial charge in [-0.15, -0.1) is 0 Å². The number of aliphatic carboxylic acids is 1. The molecule has 0 spiro atoms. The molecule has 0 amide bonds. The zero-order valence-electron chi connectivity index (χ0n) is 22.7. The molecule has 0 saturated carbocycles. The summed E-state index contributed by atoms with van der Waals surface area (Å²) in [5, 5.41) is 21.3. The van der Waals surface area contributed by atoms with Crippen molar-refractivity contribution in [2.75, 3.05) is 26.4 Å². The highest BCUT2D eigenvalue weighted by Gasteiger charge is 2.67. The van der Waals surface area contributed by atoms with E-state index in [1.165, 1.54) is 12.8 Å². The number of hydrogen-bond donors (Lipinski definition) is 2. The molecule has 8 heteroatoms. The third-order valence-electron chi connectivity index (χ3n) is 11.9. The number of fused-ring (bicyclic) bond motifs is 6. The first-order valence-electron chi connectivity index (χ1n) is 14.6. The minimum absolute atomic E-state index is 0.0236. The lowest BCUT2D eigenvalue weighted by Crippen LogP contribution is -2.81. The number of hydrogen-bond acceptors (Lipinski definition) is 7. The highest BCUT2D eigenvalue weighted by atomic mass is 16.5. The van der Waals surface area contributed by atoms with Crippen molar-refractivity contribution in [1.82, 2.24) is 14.7 Å². The lowest BCUT2D eigenvalue weighted by Gasteiger charge is -2.66. The molecule has 0 radical (unpaired) electrons. The Labute approximate surface area is 216 Å². The van der Waals surface area contributed by atoms with Gasteiger partial charge in [-0.05, 0) is 78.6 Å². The van der Waals surface area contributed by atoms with Crippen LogP contribution in [0.15, 0.2) is 0 Å². The maximum Gasteiger partial charge on any atom is 0.326 e. The highest BCUT2D eigenvalue weighted by molar-refractivity contribution is 5.80. The van der Waals surface area contributed by atoms with Gasteiger partial charge in [-0.2, -0.15) is 0 Å². The van der Waals surface area contributed by atoms with E-state index in [2.05, 4.69) is 42.4 Å². The third kappa shape index (κ3) is 3.30. The Morgan fingerprint density at radius 1 is 0.944 bits per heavy atom. The molecule has 9 atom stereocenters. The molecule has 6 saturated heterocycles. The van der Waals surface area contributed by atoms with Crippen LogP contribution in [0.4, 0.5) is 0 Å². The fraction of sp³-hybridized carbons (Fsp3) is 0.964. The Hall–Kier alpha value is -0.770. The van der Waals surface area contributed by atoms with Gasteiger partial charge < -0.3 is 19.7 Å². The summed E-state index contributed by atoms with van der Waals surface area (Å²) in [7, 11) is 0. The number of aliphatic hydroxyl groups excluding tert-OH is 1. The number of morpholine rings is 2. The lowest BCUT2D eigenvalue weighted by atomic mass is 9.66. The number of carboxylic acids is 1. The predicted octanol–water partition coefficient (Wildman–Crippen LogP) is 2.47. The molecular weight excluding hydrogens is 458 g/mol. The van der Waals surface area contributed by atoms with Crippen molar-refractivity contribution in [3.63, 3.8) is 0 Å². The van der Waals surface area contributed by atoms with Crippen LogP contribution in [0.5, 0.6) is 0 Å². The van der Waals surface area contributed by atoms with Crippen LogP contribution in [0.3, 0.4) is 0 Å². The Bertz CT molecular complexity index is 840. The van der Waals surface area contributed by atoms with Crippen molar-refractivity contribution >= 4 is 5.97 Å². The van der Waals surface area contributed by atoms with E-state index in [1.807, 2.05) is 0 Å². The van der Waals surface area contributed by atoms with Crippen molar-refractivity contribution in [2.24, 2.45) is 0 Å². The summed E-state index contributed by atoms with van der Waals surface area (Å²) >= 11 is 0. The van der Waals surface area contributed by atoms with Gasteiger partial charge in [0, 0.05) is 41.8 Å². The number of aliphatic hydroxyl groups is 1. The zero-order chi connectivity index (χ0) is 25.5.